The number of sulfonamides is 1. The summed E-state index contributed by atoms with van der Waals surface area (Å²) in [7, 11) is -3.47. The number of halogens is 1. The first-order valence-electron chi connectivity index (χ1n) is 9.82. The van der Waals surface area contributed by atoms with Crippen LogP contribution in [0.15, 0.2) is 52.7 Å². The van der Waals surface area contributed by atoms with Gasteiger partial charge in [0.2, 0.25) is 10.0 Å². The molecular formula is C22H24BrN3O2S2. The van der Waals surface area contributed by atoms with Crippen LogP contribution in [0.1, 0.15) is 16.7 Å². The molecule has 1 aromatic heterocycles. The molecule has 8 heteroatoms. The summed E-state index contributed by atoms with van der Waals surface area (Å²) in [5.41, 5.74) is 5.67. The van der Waals surface area contributed by atoms with E-state index in [0.29, 0.717) is 36.4 Å². The summed E-state index contributed by atoms with van der Waals surface area (Å²) in [6, 6.07) is 13.4. The highest BCUT2D eigenvalue weighted by Crippen LogP contribution is 2.32. The predicted molar refractivity (Wildman–Crippen MR) is 127 cm³/mol. The highest BCUT2D eigenvalue weighted by atomic mass is 79.9. The van der Waals surface area contributed by atoms with Crippen LogP contribution < -0.4 is 4.90 Å². The van der Waals surface area contributed by atoms with E-state index >= 15 is 0 Å². The van der Waals surface area contributed by atoms with Gasteiger partial charge in [-0.1, -0.05) is 46.3 Å². The lowest BCUT2D eigenvalue weighted by Crippen LogP contribution is -2.48. The lowest BCUT2D eigenvalue weighted by molar-refractivity contribution is 0.385. The first-order valence-corrected chi connectivity index (χ1v) is 13.3. The van der Waals surface area contributed by atoms with E-state index < -0.39 is 10.0 Å². The summed E-state index contributed by atoms with van der Waals surface area (Å²) < 4.78 is 27.5. The molecule has 0 amide bonds. The van der Waals surface area contributed by atoms with Crippen molar-refractivity contribution in [2.24, 2.45) is 0 Å². The number of hydrogen-bond acceptors (Lipinski definition) is 5. The molecule has 0 bridgehead atoms. The molecule has 0 atom stereocenters. The fraction of sp³-hybridized carbons (Fsp3) is 0.318. The van der Waals surface area contributed by atoms with Gasteiger partial charge in [0.15, 0.2) is 5.13 Å². The molecule has 0 spiro atoms. The number of thiazole rings is 1. The lowest BCUT2D eigenvalue weighted by Gasteiger charge is -2.33. The van der Waals surface area contributed by atoms with Crippen LogP contribution in [0.25, 0.3) is 11.3 Å². The smallest absolute Gasteiger partial charge is 0.243 e. The number of anilines is 1. The predicted octanol–water partition coefficient (Wildman–Crippen LogP) is 4.83. The Bertz CT molecular complexity index is 1120. The van der Waals surface area contributed by atoms with E-state index in [0.717, 1.165) is 16.4 Å². The molecule has 2 heterocycles. The van der Waals surface area contributed by atoms with Gasteiger partial charge in [-0.2, -0.15) is 4.31 Å². The summed E-state index contributed by atoms with van der Waals surface area (Å²) in [5, 5.41) is 3.76. The van der Waals surface area contributed by atoms with E-state index in [1.54, 1.807) is 27.8 Å². The number of hydrogen-bond donors (Lipinski definition) is 0. The number of aromatic nitrogens is 1. The van der Waals surface area contributed by atoms with Crippen molar-refractivity contribution in [2.45, 2.75) is 24.1 Å². The van der Waals surface area contributed by atoms with Crippen LogP contribution in [0, 0.1) is 13.8 Å². The van der Waals surface area contributed by atoms with Gasteiger partial charge in [-0.25, -0.2) is 13.4 Å². The number of rotatable bonds is 5. The van der Waals surface area contributed by atoms with Gasteiger partial charge in [0.1, 0.15) is 0 Å². The standard InChI is InChI=1S/C22H24BrN3O2S2/c1-16-4-3-5-17(2)21(16)20-15-29-22(24-20)25-10-12-26(13-11-25)30(27,28)19-8-6-18(14-23)7-9-19/h3-9,15H,10-14H2,1-2H3. The Balaban J connectivity index is 1.47. The fourth-order valence-corrected chi connectivity index (χ4v) is 6.43. The number of aryl methyl sites for hydroxylation is 2. The summed E-state index contributed by atoms with van der Waals surface area (Å²) in [5.74, 6) is 0. The Morgan fingerprint density at radius 1 is 1.00 bits per heavy atom. The quantitative estimate of drug-likeness (QED) is 0.465. The molecule has 1 aliphatic rings. The molecule has 0 unspecified atom stereocenters. The van der Waals surface area contributed by atoms with Gasteiger partial charge >= 0.3 is 0 Å². The molecule has 0 N–H and O–H groups in total. The Labute approximate surface area is 190 Å². The maximum absolute atomic E-state index is 13.0. The first-order chi connectivity index (χ1) is 14.4. The molecule has 30 heavy (non-hydrogen) atoms. The zero-order chi connectivity index (χ0) is 21.3. The Kier molecular flexibility index (Phi) is 6.29. The van der Waals surface area contributed by atoms with Gasteiger partial charge in [0, 0.05) is 42.5 Å². The lowest BCUT2D eigenvalue weighted by atomic mass is 10.0. The summed E-state index contributed by atoms with van der Waals surface area (Å²) in [6.45, 7) is 6.41. The highest BCUT2D eigenvalue weighted by molar-refractivity contribution is 9.08. The van der Waals surface area contributed by atoms with Crippen LogP contribution in [-0.2, 0) is 15.4 Å². The average molecular weight is 506 g/mol. The first kappa shape index (κ1) is 21.5. The monoisotopic (exact) mass is 505 g/mol. The van der Waals surface area contributed by atoms with Crippen molar-refractivity contribution in [1.82, 2.24) is 9.29 Å². The molecule has 0 saturated carbocycles. The van der Waals surface area contributed by atoms with E-state index in [4.69, 9.17) is 4.98 Å². The van der Waals surface area contributed by atoms with Gasteiger partial charge in [-0.05, 0) is 42.7 Å². The van der Waals surface area contributed by atoms with Gasteiger partial charge in [-0.15, -0.1) is 11.3 Å². The van der Waals surface area contributed by atoms with E-state index in [1.165, 1.54) is 16.7 Å². The Hall–Kier alpha value is -1.74. The number of benzene rings is 2. The van der Waals surface area contributed by atoms with Gasteiger partial charge < -0.3 is 4.90 Å². The fourth-order valence-electron chi connectivity index (χ4n) is 3.76. The molecule has 0 aliphatic carbocycles. The maximum atomic E-state index is 13.0. The van der Waals surface area contributed by atoms with Crippen molar-refractivity contribution >= 4 is 42.4 Å². The molecule has 1 fully saturated rings. The van der Waals surface area contributed by atoms with E-state index in [2.05, 4.69) is 58.3 Å². The van der Waals surface area contributed by atoms with Crippen molar-refractivity contribution in [3.05, 3.63) is 64.5 Å². The van der Waals surface area contributed by atoms with Crippen molar-refractivity contribution in [3.8, 4) is 11.3 Å². The average Bonchev–Trinajstić information content (AvgIpc) is 3.23. The maximum Gasteiger partial charge on any atom is 0.243 e. The minimum atomic E-state index is -3.47. The van der Waals surface area contributed by atoms with Crippen LogP contribution in [0.3, 0.4) is 0 Å². The third kappa shape index (κ3) is 4.19. The summed E-state index contributed by atoms with van der Waals surface area (Å²) >= 11 is 5.01. The van der Waals surface area contributed by atoms with Crippen molar-refractivity contribution in [1.29, 1.82) is 0 Å². The van der Waals surface area contributed by atoms with Crippen LogP contribution >= 0.6 is 27.3 Å². The Morgan fingerprint density at radius 3 is 2.23 bits per heavy atom. The number of piperazine rings is 1. The largest absolute Gasteiger partial charge is 0.345 e. The van der Waals surface area contributed by atoms with Crippen LogP contribution in [0.4, 0.5) is 5.13 Å². The highest BCUT2D eigenvalue weighted by Gasteiger charge is 2.29. The summed E-state index contributed by atoms with van der Waals surface area (Å²) in [4.78, 5) is 7.40. The minimum absolute atomic E-state index is 0.354. The van der Waals surface area contributed by atoms with Crippen molar-refractivity contribution in [3.63, 3.8) is 0 Å². The zero-order valence-corrected chi connectivity index (χ0v) is 20.2. The van der Waals surface area contributed by atoms with Crippen LogP contribution in [0.5, 0.6) is 0 Å². The normalized spacial score (nSPS) is 15.5. The molecule has 5 nitrogen and oxygen atoms in total. The molecule has 1 aliphatic heterocycles. The van der Waals surface area contributed by atoms with Crippen molar-refractivity contribution < 1.29 is 8.42 Å². The third-order valence-electron chi connectivity index (χ3n) is 5.45. The second kappa shape index (κ2) is 8.78. The van der Waals surface area contributed by atoms with Gasteiger partial charge in [0.25, 0.3) is 0 Å². The SMILES string of the molecule is Cc1cccc(C)c1-c1csc(N2CCN(S(=O)(=O)c3ccc(CBr)cc3)CC2)n1. The van der Waals surface area contributed by atoms with Crippen LogP contribution in [-0.4, -0.2) is 43.9 Å². The Morgan fingerprint density at radius 2 is 1.63 bits per heavy atom. The molecule has 158 valence electrons. The van der Waals surface area contributed by atoms with Crippen LogP contribution in [0.2, 0.25) is 0 Å². The molecule has 4 rings (SSSR count). The summed E-state index contributed by atoms with van der Waals surface area (Å²) in [6.07, 6.45) is 0. The van der Waals surface area contributed by atoms with E-state index in [1.807, 2.05) is 12.1 Å². The second-order valence-corrected chi connectivity index (χ2v) is 10.8. The van der Waals surface area contributed by atoms with Gasteiger partial charge in [-0.3, -0.25) is 0 Å². The molecule has 0 radical (unpaired) electrons. The molecule has 3 aromatic rings. The number of nitrogens with zero attached hydrogens (tertiary/aromatic N) is 3. The molecule has 1 saturated heterocycles. The van der Waals surface area contributed by atoms with Crippen molar-refractivity contribution in [2.75, 3.05) is 31.1 Å². The van der Waals surface area contributed by atoms with E-state index in [9.17, 15) is 8.42 Å². The topological polar surface area (TPSA) is 53.5 Å². The van der Waals surface area contributed by atoms with E-state index in [-0.39, 0.29) is 0 Å². The second-order valence-electron chi connectivity index (χ2n) is 7.45. The van der Waals surface area contributed by atoms with Gasteiger partial charge in [0.05, 0.1) is 10.6 Å². The molecular weight excluding hydrogens is 482 g/mol. The third-order valence-corrected chi connectivity index (χ3v) is 8.92. The molecule has 2 aromatic carbocycles. The number of alkyl halides is 1. The minimum Gasteiger partial charge on any atom is -0.345 e. The zero-order valence-electron chi connectivity index (χ0n) is 17.0.